The van der Waals surface area contributed by atoms with Crippen molar-refractivity contribution in [1.82, 2.24) is 4.90 Å². The van der Waals surface area contributed by atoms with Crippen LogP contribution in [0, 0.1) is 5.92 Å². The Labute approximate surface area is 196 Å². The molecule has 0 radical (unpaired) electrons. The summed E-state index contributed by atoms with van der Waals surface area (Å²) < 4.78 is 5.32. The Hall–Kier alpha value is -3.31. The van der Waals surface area contributed by atoms with Gasteiger partial charge in [0.15, 0.2) is 0 Å². The molecule has 3 aromatic carbocycles. The lowest BCUT2D eigenvalue weighted by Gasteiger charge is -2.33. The fraction of sp³-hybridized carbons (Fsp3) is 0.321. The topological polar surface area (TPSA) is 58.8 Å². The smallest absolute Gasteiger partial charge is 0.319 e. The second-order valence-electron chi connectivity index (χ2n) is 8.80. The molecule has 0 aliphatic carbocycles. The maximum Gasteiger partial charge on any atom is 0.319 e. The third kappa shape index (κ3) is 6.14. The molecule has 1 heterocycles. The number of carbonyl (C=O) groups excluding carboxylic acids is 1. The van der Waals surface area contributed by atoms with Gasteiger partial charge in [-0.2, -0.15) is 0 Å². The van der Waals surface area contributed by atoms with Crippen molar-refractivity contribution in [2.45, 2.75) is 32.4 Å². The van der Waals surface area contributed by atoms with Gasteiger partial charge in [0.2, 0.25) is 0 Å². The van der Waals surface area contributed by atoms with Gasteiger partial charge >= 0.3 is 6.03 Å². The highest BCUT2D eigenvalue weighted by atomic mass is 16.5. The zero-order chi connectivity index (χ0) is 23.0. The van der Waals surface area contributed by atoms with E-state index in [0.717, 1.165) is 36.8 Å². The first kappa shape index (κ1) is 22.9. The molecule has 0 aromatic heterocycles. The van der Waals surface area contributed by atoms with Crippen LogP contribution in [0.1, 0.15) is 29.5 Å². The van der Waals surface area contributed by atoms with E-state index in [9.17, 15) is 4.79 Å². The van der Waals surface area contributed by atoms with Crippen LogP contribution in [-0.2, 0) is 19.5 Å². The number of hydrogen-bond acceptors (Lipinski definition) is 3. The maximum absolute atomic E-state index is 12.3. The van der Waals surface area contributed by atoms with Crippen molar-refractivity contribution in [3.8, 4) is 5.75 Å². The number of nitrogens with two attached hydrogens (primary N) is 1. The lowest BCUT2D eigenvalue weighted by atomic mass is 9.90. The summed E-state index contributed by atoms with van der Waals surface area (Å²) in [5, 5.41) is 0. The Morgan fingerprint density at radius 2 is 1.67 bits per heavy atom. The second-order valence-corrected chi connectivity index (χ2v) is 8.80. The number of ether oxygens (including phenoxy) is 1. The first-order chi connectivity index (χ1) is 16.1. The molecule has 2 N–H and O–H groups in total. The van der Waals surface area contributed by atoms with Crippen LogP contribution in [0.3, 0.4) is 0 Å². The van der Waals surface area contributed by atoms with Gasteiger partial charge in [-0.15, -0.1) is 0 Å². The number of urea groups is 1. The molecule has 1 fully saturated rings. The van der Waals surface area contributed by atoms with Crippen LogP contribution < -0.4 is 15.4 Å². The van der Waals surface area contributed by atoms with E-state index in [4.69, 9.17) is 10.5 Å². The van der Waals surface area contributed by atoms with Crippen LogP contribution in [0.4, 0.5) is 10.5 Å². The molecule has 1 saturated heterocycles. The van der Waals surface area contributed by atoms with Crippen LogP contribution in [0.25, 0.3) is 0 Å². The van der Waals surface area contributed by atoms with E-state index in [-0.39, 0.29) is 0 Å². The Kier molecular flexibility index (Phi) is 7.63. The SMILES string of the molecule is COc1cccc(N(Cc2ccccc2CN2CCC(Cc3ccccc3)CC2)C(N)=O)c1. The molecule has 3 aromatic rings. The Morgan fingerprint density at radius 3 is 2.36 bits per heavy atom. The third-order valence-corrected chi connectivity index (χ3v) is 6.55. The number of hydrogen-bond donors (Lipinski definition) is 1. The minimum Gasteiger partial charge on any atom is -0.497 e. The first-order valence-corrected chi connectivity index (χ1v) is 11.7. The van der Waals surface area contributed by atoms with Crippen molar-refractivity contribution in [3.05, 3.63) is 95.6 Å². The monoisotopic (exact) mass is 443 g/mol. The van der Waals surface area contributed by atoms with E-state index in [1.165, 1.54) is 30.4 Å². The average molecular weight is 444 g/mol. The van der Waals surface area contributed by atoms with Gasteiger partial charge in [0.25, 0.3) is 0 Å². The molecule has 5 nitrogen and oxygen atoms in total. The number of methoxy groups -OCH3 is 1. The average Bonchev–Trinajstić information content (AvgIpc) is 2.85. The van der Waals surface area contributed by atoms with Crippen LogP contribution in [-0.4, -0.2) is 31.1 Å². The number of likely N-dealkylation sites (tertiary alicyclic amines) is 1. The number of primary amides is 1. The molecule has 0 unspecified atom stereocenters. The second kappa shape index (κ2) is 11.0. The molecule has 2 amide bonds. The predicted molar refractivity (Wildman–Crippen MR) is 133 cm³/mol. The van der Waals surface area contributed by atoms with Gasteiger partial charge < -0.3 is 10.5 Å². The van der Waals surface area contributed by atoms with Gasteiger partial charge in [0, 0.05) is 18.3 Å². The fourth-order valence-corrected chi connectivity index (χ4v) is 4.65. The number of piperidine rings is 1. The van der Waals surface area contributed by atoms with Crippen LogP contribution in [0.2, 0.25) is 0 Å². The fourth-order valence-electron chi connectivity index (χ4n) is 4.65. The molecule has 1 aliphatic heterocycles. The zero-order valence-electron chi connectivity index (χ0n) is 19.3. The highest BCUT2D eigenvalue weighted by molar-refractivity contribution is 5.90. The molecule has 4 rings (SSSR count). The highest BCUT2D eigenvalue weighted by Gasteiger charge is 2.21. The summed E-state index contributed by atoms with van der Waals surface area (Å²) in [4.78, 5) is 16.4. The Balaban J connectivity index is 1.40. The van der Waals surface area contributed by atoms with Gasteiger partial charge in [-0.25, -0.2) is 4.79 Å². The summed E-state index contributed by atoms with van der Waals surface area (Å²) >= 11 is 0. The van der Waals surface area contributed by atoms with E-state index in [2.05, 4.69) is 53.4 Å². The van der Waals surface area contributed by atoms with Crippen molar-refractivity contribution in [1.29, 1.82) is 0 Å². The number of amides is 2. The minimum atomic E-state index is -0.472. The lowest BCUT2D eigenvalue weighted by molar-refractivity contribution is 0.176. The van der Waals surface area contributed by atoms with Crippen LogP contribution in [0.5, 0.6) is 5.75 Å². The van der Waals surface area contributed by atoms with E-state index in [0.29, 0.717) is 12.3 Å². The largest absolute Gasteiger partial charge is 0.497 e. The highest BCUT2D eigenvalue weighted by Crippen LogP contribution is 2.26. The normalized spacial score (nSPS) is 14.7. The van der Waals surface area contributed by atoms with E-state index in [1.54, 1.807) is 12.0 Å². The molecule has 33 heavy (non-hydrogen) atoms. The summed E-state index contributed by atoms with van der Waals surface area (Å²) in [6.45, 7) is 3.52. The standard InChI is InChI=1S/C28H33N3O2/c1-33-27-13-7-12-26(19-27)31(28(29)32)21-25-11-6-5-10-24(25)20-30-16-14-23(15-17-30)18-22-8-3-2-4-9-22/h2-13,19,23H,14-18,20-21H2,1H3,(H2,29,32). The Morgan fingerprint density at radius 1 is 0.970 bits per heavy atom. The summed E-state index contributed by atoms with van der Waals surface area (Å²) in [6, 6.07) is 26.1. The van der Waals surface area contributed by atoms with Crippen molar-refractivity contribution in [2.24, 2.45) is 11.7 Å². The van der Waals surface area contributed by atoms with Gasteiger partial charge in [-0.05, 0) is 67.1 Å². The maximum atomic E-state index is 12.3. The van der Waals surface area contributed by atoms with Crippen molar-refractivity contribution in [3.63, 3.8) is 0 Å². The number of rotatable bonds is 8. The molecule has 0 atom stereocenters. The van der Waals surface area contributed by atoms with Crippen LogP contribution >= 0.6 is 0 Å². The van der Waals surface area contributed by atoms with Crippen molar-refractivity contribution >= 4 is 11.7 Å². The quantitative estimate of drug-likeness (QED) is 0.518. The minimum absolute atomic E-state index is 0.434. The molecule has 5 heteroatoms. The van der Waals surface area contributed by atoms with E-state index >= 15 is 0 Å². The summed E-state index contributed by atoms with van der Waals surface area (Å²) in [5.41, 5.74) is 10.3. The van der Waals surface area contributed by atoms with Gasteiger partial charge in [0.05, 0.1) is 13.7 Å². The van der Waals surface area contributed by atoms with Crippen LogP contribution in [0.15, 0.2) is 78.9 Å². The lowest BCUT2D eigenvalue weighted by Crippen LogP contribution is -2.36. The molecule has 1 aliphatic rings. The predicted octanol–water partition coefficient (Wildman–Crippen LogP) is 5.24. The number of benzene rings is 3. The van der Waals surface area contributed by atoms with E-state index < -0.39 is 6.03 Å². The van der Waals surface area contributed by atoms with Gasteiger partial charge in [-0.1, -0.05) is 60.7 Å². The number of carbonyl (C=O) groups is 1. The number of nitrogens with zero attached hydrogens (tertiary/aromatic N) is 2. The van der Waals surface area contributed by atoms with Crippen molar-refractivity contribution in [2.75, 3.05) is 25.1 Å². The Bertz CT molecular complexity index is 1050. The number of anilines is 1. The molecular formula is C28H33N3O2. The van der Waals surface area contributed by atoms with Gasteiger partial charge in [-0.3, -0.25) is 9.80 Å². The third-order valence-electron chi connectivity index (χ3n) is 6.55. The summed E-state index contributed by atoms with van der Waals surface area (Å²) in [5.74, 6) is 1.45. The summed E-state index contributed by atoms with van der Waals surface area (Å²) in [6.07, 6.45) is 3.60. The molecular weight excluding hydrogens is 410 g/mol. The first-order valence-electron chi connectivity index (χ1n) is 11.7. The molecule has 0 spiro atoms. The zero-order valence-corrected chi connectivity index (χ0v) is 19.3. The molecule has 0 saturated carbocycles. The van der Waals surface area contributed by atoms with Crippen molar-refractivity contribution < 1.29 is 9.53 Å². The molecule has 0 bridgehead atoms. The van der Waals surface area contributed by atoms with Gasteiger partial charge in [0.1, 0.15) is 5.75 Å². The van der Waals surface area contributed by atoms with E-state index in [1.807, 2.05) is 30.3 Å². The summed E-state index contributed by atoms with van der Waals surface area (Å²) in [7, 11) is 1.62. The molecule has 172 valence electrons.